The van der Waals surface area contributed by atoms with Crippen molar-refractivity contribution in [3.63, 3.8) is 0 Å². The van der Waals surface area contributed by atoms with Gasteiger partial charge in [0.1, 0.15) is 17.3 Å². The summed E-state index contributed by atoms with van der Waals surface area (Å²) in [4.78, 5) is 19.9. The van der Waals surface area contributed by atoms with Gasteiger partial charge in [-0.3, -0.25) is 4.79 Å². The number of anilines is 1. The van der Waals surface area contributed by atoms with Crippen LogP contribution in [0.4, 0.5) is 5.69 Å². The van der Waals surface area contributed by atoms with Crippen LogP contribution in [0.3, 0.4) is 0 Å². The fraction of sp³-hybridized carbons (Fsp3) is 0.310. The molecule has 1 amide bonds. The third-order valence-corrected chi connectivity index (χ3v) is 6.45. The third kappa shape index (κ3) is 4.87. The molecule has 1 fully saturated rings. The van der Waals surface area contributed by atoms with Crippen LogP contribution >= 0.6 is 0 Å². The number of para-hydroxylation sites is 4. The van der Waals surface area contributed by atoms with E-state index < -0.39 is 0 Å². The van der Waals surface area contributed by atoms with E-state index in [1.807, 2.05) is 66.4 Å². The molecule has 0 aliphatic carbocycles. The zero-order valence-electron chi connectivity index (χ0n) is 20.3. The van der Waals surface area contributed by atoms with Crippen LogP contribution in [0.15, 0.2) is 72.8 Å². The Morgan fingerprint density at radius 3 is 2.57 bits per heavy atom. The molecule has 180 valence electrons. The van der Waals surface area contributed by atoms with E-state index in [2.05, 4.69) is 29.7 Å². The molecule has 1 atom stereocenters. The van der Waals surface area contributed by atoms with Crippen LogP contribution in [0, 0.1) is 6.92 Å². The van der Waals surface area contributed by atoms with Crippen molar-refractivity contribution in [1.82, 2.24) is 9.55 Å². The maximum atomic E-state index is 13.1. The first-order valence-electron chi connectivity index (χ1n) is 12.3. The second-order valence-electron chi connectivity index (χ2n) is 8.93. The Morgan fingerprint density at radius 2 is 1.74 bits per heavy atom. The number of hydrogen-bond donors (Lipinski definition) is 0. The molecule has 1 aromatic heterocycles. The SMILES string of the molecule is CCOc1ccccc1N1C[C@@H](c2nc3ccccc3n2CCCOc2ccc(C)cc2)CC1=O. The zero-order chi connectivity index (χ0) is 24.2. The summed E-state index contributed by atoms with van der Waals surface area (Å²) in [6, 6.07) is 24.1. The Bertz CT molecular complexity index is 1310. The number of fused-ring (bicyclic) bond motifs is 1. The van der Waals surface area contributed by atoms with Crippen LogP contribution in [0.2, 0.25) is 0 Å². The molecular formula is C29H31N3O3. The van der Waals surface area contributed by atoms with Crippen LogP contribution in [-0.2, 0) is 11.3 Å². The smallest absolute Gasteiger partial charge is 0.227 e. The molecule has 0 N–H and O–H groups in total. The van der Waals surface area contributed by atoms with Gasteiger partial charge in [-0.2, -0.15) is 0 Å². The molecule has 5 rings (SSSR count). The van der Waals surface area contributed by atoms with Gasteiger partial charge in [-0.25, -0.2) is 4.98 Å². The number of hydrogen-bond acceptors (Lipinski definition) is 4. The summed E-state index contributed by atoms with van der Waals surface area (Å²) in [6.07, 6.45) is 1.28. The number of carbonyl (C=O) groups excluding carboxylic acids is 1. The lowest BCUT2D eigenvalue weighted by Crippen LogP contribution is -2.25. The van der Waals surface area contributed by atoms with Gasteiger partial charge in [-0.1, -0.05) is 42.0 Å². The second-order valence-corrected chi connectivity index (χ2v) is 8.93. The number of carbonyl (C=O) groups is 1. The van der Waals surface area contributed by atoms with Crippen molar-refractivity contribution in [3.05, 3.63) is 84.2 Å². The van der Waals surface area contributed by atoms with Gasteiger partial charge in [0.25, 0.3) is 0 Å². The molecule has 0 radical (unpaired) electrons. The van der Waals surface area contributed by atoms with Crippen LogP contribution in [0.1, 0.15) is 37.1 Å². The summed E-state index contributed by atoms with van der Waals surface area (Å²) in [5, 5.41) is 0. The molecule has 4 aromatic rings. The predicted molar refractivity (Wildman–Crippen MR) is 138 cm³/mol. The number of aromatic nitrogens is 2. The number of nitrogens with zero attached hydrogens (tertiary/aromatic N) is 3. The average Bonchev–Trinajstić information content (AvgIpc) is 3.44. The lowest BCUT2D eigenvalue weighted by Gasteiger charge is -2.20. The van der Waals surface area contributed by atoms with Gasteiger partial charge in [0.15, 0.2) is 0 Å². The van der Waals surface area contributed by atoms with Crippen LogP contribution in [0.25, 0.3) is 11.0 Å². The fourth-order valence-electron chi connectivity index (χ4n) is 4.76. The highest BCUT2D eigenvalue weighted by molar-refractivity contribution is 5.97. The molecule has 0 bridgehead atoms. The monoisotopic (exact) mass is 469 g/mol. The maximum absolute atomic E-state index is 13.1. The van der Waals surface area contributed by atoms with Gasteiger partial charge in [0.05, 0.1) is 29.9 Å². The van der Waals surface area contributed by atoms with E-state index in [1.165, 1.54) is 5.56 Å². The highest BCUT2D eigenvalue weighted by Gasteiger charge is 2.35. The summed E-state index contributed by atoms with van der Waals surface area (Å²) in [7, 11) is 0. The number of aryl methyl sites for hydroxylation is 2. The first-order chi connectivity index (χ1) is 17.1. The van der Waals surface area contributed by atoms with Gasteiger partial charge in [0, 0.05) is 25.4 Å². The summed E-state index contributed by atoms with van der Waals surface area (Å²) in [5.41, 5.74) is 4.10. The molecular weight excluding hydrogens is 438 g/mol. The Labute approximate surface area is 206 Å². The highest BCUT2D eigenvalue weighted by atomic mass is 16.5. The molecule has 0 unspecified atom stereocenters. The summed E-state index contributed by atoms with van der Waals surface area (Å²) in [5.74, 6) is 2.71. The summed E-state index contributed by atoms with van der Waals surface area (Å²) in [6.45, 7) is 6.57. The number of ether oxygens (including phenoxy) is 2. The quantitative estimate of drug-likeness (QED) is 0.294. The van der Waals surface area contributed by atoms with Crippen molar-refractivity contribution >= 4 is 22.6 Å². The molecule has 1 aliphatic heterocycles. The van der Waals surface area contributed by atoms with Gasteiger partial charge >= 0.3 is 0 Å². The molecule has 35 heavy (non-hydrogen) atoms. The molecule has 3 aromatic carbocycles. The Kier molecular flexibility index (Phi) is 6.70. The Hall–Kier alpha value is -3.80. The molecule has 1 aliphatic rings. The first kappa shape index (κ1) is 23.0. The maximum Gasteiger partial charge on any atom is 0.227 e. The first-order valence-corrected chi connectivity index (χ1v) is 12.3. The Morgan fingerprint density at radius 1 is 0.971 bits per heavy atom. The number of benzene rings is 3. The van der Waals surface area contributed by atoms with Gasteiger partial charge in [0.2, 0.25) is 5.91 Å². The molecule has 2 heterocycles. The second kappa shape index (κ2) is 10.2. The van der Waals surface area contributed by atoms with Gasteiger partial charge in [-0.05, 0) is 56.7 Å². The van der Waals surface area contributed by atoms with Crippen LogP contribution < -0.4 is 14.4 Å². The number of imidazole rings is 1. The van der Waals surface area contributed by atoms with Gasteiger partial charge < -0.3 is 18.9 Å². The molecule has 1 saturated heterocycles. The lowest BCUT2D eigenvalue weighted by atomic mass is 10.1. The van der Waals surface area contributed by atoms with Crippen LogP contribution in [-0.4, -0.2) is 35.2 Å². The minimum atomic E-state index is 0.0163. The van der Waals surface area contributed by atoms with Gasteiger partial charge in [-0.15, -0.1) is 0 Å². The van der Waals surface area contributed by atoms with E-state index in [4.69, 9.17) is 14.5 Å². The highest BCUT2D eigenvalue weighted by Crippen LogP contribution is 2.37. The largest absolute Gasteiger partial charge is 0.494 e. The average molecular weight is 470 g/mol. The normalized spacial score (nSPS) is 15.7. The van der Waals surface area contributed by atoms with Crippen molar-refractivity contribution in [3.8, 4) is 11.5 Å². The van der Waals surface area contributed by atoms with Crippen molar-refractivity contribution in [2.24, 2.45) is 0 Å². The number of amides is 1. The van der Waals surface area contributed by atoms with Crippen molar-refractivity contribution in [1.29, 1.82) is 0 Å². The minimum absolute atomic E-state index is 0.0163. The van der Waals surface area contributed by atoms with E-state index in [0.29, 0.717) is 26.2 Å². The summed E-state index contributed by atoms with van der Waals surface area (Å²) < 4.78 is 14.0. The van der Waals surface area contributed by atoms with Crippen molar-refractivity contribution < 1.29 is 14.3 Å². The number of rotatable bonds is 9. The zero-order valence-corrected chi connectivity index (χ0v) is 20.3. The van der Waals surface area contributed by atoms with E-state index in [1.54, 1.807) is 0 Å². The topological polar surface area (TPSA) is 56.6 Å². The third-order valence-electron chi connectivity index (χ3n) is 6.45. The Balaban J connectivity index is 1.35. The van der Waals surface area contributed by atoms with E-state index >= 15 is 0 Å². The van der Waals surface area contributed by atoms with Crippen molar-refractivity contribution in [2.75, 3.05) is 24.7 Å². The van der Waals surface area contributed by atoms with E-state index in [0.717, 1.165) is 47.0 Å². The van der Waals surface area contributed by atoms with Crippen molar-refractivity contribution in [2.45, 2.75) is 39.2 Å². The predicted octanol–water partition coefficient (Wildman–Crippen LogP) is 5.73. The minimum Gasteiger partial charge on any atom is -0.494 e. The van der Waals surface area contributed by atoms with E-state index in [9.17, 15) is 4.79 Å². The van der Waals surface area contributed by atoms with Crippen LogP contribution in [0.5, 0.6) is 11.5 Å². The summed E-state index contributed by atoms with van der Waals surface area (Å²) >= 11 is 0. The standard InChI is InChI=1S/C29H31N3O3/c1-3-34-27-12-7-6-11-26(27)32-20-22(19-28(32)33)29-30-24-9-4-5-10-25(24)31(29)17-8-18-35-23-15-13-21(2)14-16-23/h4-7,9-16,22H,3,8,17-20H2,1-2H3/t22-/m0/s1. The fourth-order valence-corrected chi connectivity index (χ4v) is 4.76. The molecule has 0 spiro atoms. The molecule has 6 heteroatoms. The molecule has 0 saturated carbocycles. The lowest BCUT2D eigenvalue weighted by molar-refractivity contribution is -0.117. The molecule has 6 nitrogen and oxygen atoms in total. The van der Waals surface area contributed by atoms with E-state index in [-0.39, 0.29) is 11.8 Å².